The van der Waals surface area contributed by atoms with Crippen LogP contribution in [0.15, 0.2) is 60.7 Å². The quantitative estimate of drug-likeness (QED) is 0.481. The molecule has 8 nitrogen and oxygen atoms in total. The number of benzene rings is 2. The zero-order valence-corrected chi connectivity index (χ0v) is 17.2. The fraction of sp³-hybridized carbons (Fsp3) is 0.304. The number of carbonyl (C=O) groups excluding carboxylic acids is 3. The number of unbranched alkanes of at least 4 members (excludes halogenated alkanes) is 1. The van der Waals surface area contributed by atoms with E-state index in [1.165, 1.54) is 0 Å². The Hall–Kier alpha value is -3.86. The van der Waals surface area contributed by atoms with Crippen LogP contribution in [-0.4, -0.2) is 30.5 Å². The van der Waals surface area contributed by atoms with Crippen molar-refractivity contribution in [2.24, 2.45) is 0 Å². The molecule has 0 saturated heterocycles. The number of rotatable bonds is 11. The van der Waals surface area contributed by atoms with E-state index in [1.807, 2.05) is 36.4 Å². The molecule has 2 aromatic carbocycles. The first-order chi connectivity index (χ1) is 15.1. The molecule has 0 radical (unpaired) electrons. The second kappa shape index (κ2) is 13.4. The van der Waals surface area contributed by atoms with E-state index in [4.69, 9.17) is 10.00 Å². The lowest BCUT2D eigenvalue weighted by atomic mass is 10.1. The molecule has 2 aromatic rings. The Morgan fingerprint density at radius 2 is 1.65 bits per heavy atom. The van der Waals surface area contributed by atoms with Gasteiger partial charge in [-0.2, -0.15) is 5.26 Å². The van der Waals surface area contributed by atoms with Gasteiger partial charge in [0.1, 0.15) is 19.1 Å². The smallest absolute Gasteiger partial charge is 0.408 e. The van der Waals surface area contributed by atoms with Crippen LogP contribution in [0.25, 0.3) is 0 Å². The van der Waals surface area contributed by atoms with E-state index >= 15 is 0 Å². The van der Waals surface area contributed by atoms with Crippen LogP contribution in [0.1, 0.15) is 31.2 Å². The van der Waals surface area contributed by atoms with Gasteiger partial charge in [-0.05, 0) is 37.0 Å². The van der Waals surface area contributed by atoms with Gasteiger partial charge in [0.05, 0.1) is 6.07 Å². The van der Waals surface area contributed by atoms with E-state index in [9.17, 15) is 14.4 Å². The van der Waals surface area contributed by atoms with Crippen LogP contribution in [-0.2, 0) is 20.9 Å². The van der Waals surface area contributed by atoms with Crippen molar-refractivity contribution in [3.05, 3.63) is 66.2 Å². The van der Waals surface area contributed by atoms with E-state index in [0.717, 1.165) is 5.56 Å². The van der Waals surface area contributed by atoms with Crippen molar-refractivity contribution >= 4 is 23.6 Å². The van der Waals surface area contributed by atoms with Crippen molar-refractivity contribution in [2.45, 2.75) is 38.3 Å². The second-order valence-corrected chi connectivity index (χ2v) is 6.79. The summed E-state index contributed by atoms with van der Waals surface area (Å²) >= 11 is 0. The first kappa shape index (κ1) is 23.4. The average Bonchev–Trinajstić information content (AvgIpc) is 2.78. The Balaban J connectivity index is 1.86. The van der Waals surface area contributed by atoms with Gasteiger partial charge in [0.15, 0.2) is 0 Å². The largest absolute Gasteiger partial charge is 0.445 e. The Morgan fingerprint density at radius 1 is 0.968 bits per heavy atom. The van der Waals surface area contributed by atoms with Gasteiger partial charge in [-0.3, -0.25) is 9.59 Å². The molecule has 8 heteroatoms. The number of alkyl carbamates (subject to hydrolysis) is 1. The summed E-state index contributed by atoms with van der Waals surface area (Å²) in [5.41, 5.74) is 1.47. The molecule has 0 unspecified atom stereocenters. The minimum Gasteiger partial charge on any atom is -0.445 e. The average molecular weight is 422 g/mol. The second-order valence-electron chi connectivity index (χ2n) is 6.79. The predicted octanol–water partition coefficient (Wildman–Crippen LogP) is 3.12. The minimum atomic E-state index is -0.793. The number of hydrogen-bond donors (Lipinski definition) is 3. The molecule has 2 rings (SSSR count). The van der Waals surface area contributed by atoms with Crippen molar-refractivity contribution in [3.8, 4) is 6.07 Å². The molecule has 0 fully saturated rings. The number of para-hydroxylation sites is 1. The molecule has 0 aliphatic carbocycles. The van der Waals surface area contributed by atoms with Crippen LogP contribution >= 0.6 is 0 Å². The SMILES string of the molecule is N#CCC(=O)NCCCC[C@H](NC(=O)OCc1ccccc1)C(=O)Nc1ccccc1. The molecule has 0 spiro atoms. The van der Waals surface area contributed by atoms with Crippen molar-refractivity contribution in [1.82, 2.24) is 10.6 Å². The van der Waals surface area contributed by atoms with Crippen molar-refractivity contribution in [1.29, 1.82) is 5.26 Å². The molecule has 0 aromatic heterocycles. The fourth-order valence-electron chi connectivity index (χ4n) is 2.76. The molecule has 31 heavy (non-hydrogen) atoms. The molecule has 162 valence electrons. The van der Waals surface area contributed by atoms with Crippen molar-refractivity contribution in [2.75, 3.05) is 11.9 Å². The number of ether oxygens (including phenoxy) is 1. The van der Waals surface area contributed by atoms with E-state index in [-0.39, 0.29) is 24.8 Å². The van der Waals surface area contributed by atoms with Crippen LogP contribution in [0, 0.1) is 11.3 Å². The Kier molecular flexibility index (Phi) is 10.1. The standard InChI is InChI=1S/C23H26N4O4/c24-15-14-21(28)25-16-8-7-13-20(22(29)26-19-11-5-2-6-12-19)27-23(30)31-17-18-9-3-1-4-10-18/h1-6,9-12,20H,7-8,13-14,16-17H2,(H,25,28)(H,26,29)(H,27,30)/t20-/m0/s1. The molecule has 0 saturated carbocycles. The van der Waals surface area contributed by atoms with Gasteiger partial charge in [0, 0.05) is 12.2 Å². The van der Waals surface area contributed by atoms with Crippen LogP contribution in [0.2, 0.25) is 0 Å². The maximum Gasteiger partial charge on any atom is 0.408 e. The maximum absolute atomic E-state index is 12.7. The summed E-state index contributed by atoms with van der Waals surface area (Å²) < 4.78 is 5.23. The Bertz CT molecular complexity index is 881. The molecule has 0 aliphatic heterocycles. The third-order valence-corrected chi connectivity index (χ3v) is 4.34. The summed E-state index contributed by atoms with van der Waals surface area (Å²) in [6, 6.07) is 19.2. The fourth-order valence-corrected chi connectivity index (χ4v) is 2.76. The number of hydrogen-bond acceptors (Lipinski definition) is 5. The van der Waals surface area contributed by atoms with Crippen LogP contribution in [0.4, 0.5) is 10.5 Å². The third-order valence-electron chi connectivity index (χ3n) is 4.34. The summed E-state index contributed by atoms with van der Waals surface area (Å²) in [4.78, 5) is 36.2. The van der Waals surface area contributed by atoms with Gasteiger partial charge in [-0.25, -0.2) is 4.79 Å². The monoisotopic (exact) mass is 422 g/mol. The molecule has 0 heterocycles. The Labute approximate surface area is 181 Å². The summed E-state index contributed by atoms with van der Waals surface area (Å²) in [6.45, 7) is 0.497. The minimum absolute atomic E-state index is 0.102. The van der Waals surface area contributed by atoms with Crippen molar-refractivity contribution in [3.63, 3.8) is 0 Å². The van der Waals surface area contributed by atoms with Crippen LogP contribution < -0.4 is 16.0 Å². The molecule has 1 atom stereocenters. The number of nitrogens with one attached hydrogen (secondary N) is 3. The van der Waals surface area contributed by atoms with Crippen LogP contribution in [0.3, 0.4) is 0 Å². The topological polar surface area (TPSA) is 120 Å². The van der Waals surface area contributed by atoms with E-state index in [2.05, 4.69) is 16.0 Å². The number of nitrogens with zero attached hydrogens (tertiary/aromatic N) is 1. The normalized spacial score (nSPS) is 10.9. The number of amides is 3. The molecular weight excluding hydrogens is 396 g/mol. The third kappa shape index (κ3) is 9.45. The van der Waals surface area contributed by atoms with Crippen LogP contribution in [0.5, 0.6) is 0 Å². The van der Waals surface area contributed by atoms with E-state index in [1.54, 1.807) is 30.3 Å². The summed E-state index contributed by atoms with van der Waals surface area (Å²) in [5.74, 6) is -0.681. The van der Waals surface area contributed by atoms with Gasteiger partial charge in [0.25, 0.3) is 0 Å². The van der Waals surface area contributed by atoms with Gasteiger partial charge in [-0.1, -0.05) is 48.5 Å². The number of anilines is 1. The lowest BCUT2D eigenvalue weighted by Gasteiger charge is -2.18. The summed E-state index contributed by atoms with van der Waals surface area (Å²) in [5, 5.41) is 16.5. The number of nitriles is 1. The summed E-state index contributed by atoms with van der Waals surface area (Å²) in [7, 11) is 0. The molecule has 0 bridgehead atoms. The van der Waals surface area contributed by atoms with Gasteiger partial charge in [0.2, 0.25) is 11.8 Å². The van der Waals surface area contributed by atoms with Crippen molar-refractivity contribution < 1.29 is 19.1 Å². The molecule has 3 N–H and O–H groups in total. The van der Waals surface area contributed by atoms with E-state index in [0.29, 0.717) is 31.5 Å². The number of carbonyl (C=O) groups is 3. The first-order valence-corrected chi connectivity index (χ1v) is 10.0. The Morgan fingerprint density at radius 3 is 2.32 bits per heavy atom. The zero-order chi connectivity index (χ0) is 22.3. The highest BCUT2D eigenvalue weighted by molar-refractivity contribution is 5.96. The summed E-state index contributed by atoms with van der Waals surface area (Å²) in [6.07, 6.45) is 0.690. The lowest BCUT2D eigenvalue weighted by Crippen LogP contribution is -2.44. The molecule has 0 aliphatic rings. The van der Waals surface area contributed by atoms with Gasteiger partial charge >= 0.3 is 6.09 Å². The van der Waals surface area contributed by atoms with Gasteiger partial charge < -0.3 is 20.7 Å². The van der Waals surface area contributed by atoms with Gasteiger partial charge in [-0.15, -0.1) is 0 Å². The zero-order valence-electron chi connectivity index (χ0n) is 17.2. The molecule has 3 amide bonds. The maximum atomic E-state index is 12.7. The highest BCUT2D eigenvalue weighted by Crippen LogP contribution is 2.09. The first-order valence-electron chi connectivity index (χ1n) is 10.0. The lowest BCUT2D eigenvalue weighted by molar-refractivity contribution is -0.120. The highest BCUT2D eigenvalue weighted by atomic mass is 16.5. The van der Waals surface area contributed by atoms with E-state index < -0.39 is 12.1 Å². The highest BCUT2D eigenvalue weighted by Gasteiger charge is 2.21. The predicted molar refractivity (Wildman–Crippen MR) is 116 cm³/mol. The molecular formula is C23H26N4O4.